The molecule has 3 atom stereocenters. The highest BCUT2D eigenvalue weighted by atomic mass is 16.5. The Balaban J connectivity index is 0.00000227. The molecule has 0 spiro atoms. The van der Waals surface area contributed by atoms with E-state index >= 15 is 0 Å². The molecule has 0 aromatic rings. The molecule has 0 saturated carbocycles. The van der Waals surface area contributed by atoms with Gasteiger partial charge in [-0.25, -0.2) is 0 Å². The van der Waals surface area contributed by atoms with E-state index in [2.05, 4.69) is 68.0 Å². The van der Waals surface area contributed by atoms with Gasteiger partial charge in [0, 0.05) is 37.3 Å². The molecule has 0 amide bonds. The summed E-state index contributed by atoms with van der Waals surface area (Å²) in [6.45, 7) is 26.3. The zero-order valence-corrected chi connectivity index (χ0v) is 22.0. The van der Waals surface area contributed by atoms with Crippen LogP contribution in [0.5, 0.6) is 0 Å². The van der Waals surface area contributed by atoms with Gasteiger partial charge in [0.1, 0.15) is 6.23 Å². The lowest BCUT2D eigenvalue weighted by molar-refractivity contribution is -0.150. The van der Waals surface area contributed by atoms with Gasteiger partial charge in [0.15, 0.2) is 0 Å². The predicted molar refractivity (Wildman–Crippen MR) is 144 cm³/mol. The molecule has 2 rings (SSSR count). The van der Waals surface area contributed by atoms with Gasteiger partial charge in [0.2, 0.25) is 0 Å². The normalized spacial score (nSPS) is 24.3. The van der Waals surface area contributed by atoms with Gasteiger partial charge in [0.05, 0.1) is 6.61 Å². The zero-order valence-electron chi connectivity index (χ0n) is 22.0. The Hall–Kier alpha value is -1.84. The van der Waals surface area contributed by atoms with Crippen molar-refractivity contribution in [2.45, 2.75) is 80.0 Å². The fourth-order valence-electron chi connectivity index (χ4n) is 4.24. The molecule has 0 radical (unpaired) electrons. The highest BCUT2D eigenvalue weighted by Gasteiger charge is 2.40. The molecule has 0 aromatic heterocycles. The van der Waals surface area contributed by atoms with Crippen LogP contribution in [0.15, 0.2) is 73.0 Å². The number of allylic oxidation sites excluding steroid dienone is 8. The second-order valence-electron chi connectivity index (χ2n) is 7.71. The molecule has 2 aliphatic rings. The second kappa shape index (κ2) is 18.7. The minimum Gasteiger partial charge on any atom is -0.358 e. The summed E-state index contributed by atoms with van der Waals surface area (Å²) in [5, 5.41) is 0. The molecule has 3 unspecified atom stereocenters. The van der Waals surface area contributed by atoms with Gasteiger partial charge in [-0.15, -0.1) is 0 Å². The lowest BCUT2D eigenvalue weighted by Gasteiger charge is -2.52. The first-order valence-electron chi connectivity index (χ1n) is 12.7. The molecule has 0 N–H and O–H groups in total. The van der Waals surface area contributed by atoms with Crippen molar-refractivity contribution >= 4 is 0 Å². The van der Waals surface area contributed by atoms with E-state index in [9.17, 15) is 0 Å². The van der Waals surface area contributed by atoms with E-state index in [0.29, 0.717) is 12.0 Å². The van der Waals surface area contributed by atoms with Crippen molar-refractivity contribution in [3.05, 3.63) is 73.0 Å². The van der Waals surface area contributed by atoms with E-state index in [-0.39, 0.29) is 6.23 Å². The van der Waals surface area contributed by atoms with E-state index in [1.54, 1.807) is 0 Å². The van der Waals surface area contributed by atoms with Crippen LogP contribution in [0, 0.1) is 5.92 Å². The summed E-state index contributed by atoms with van der Waals surface area (Å²) in [7, 11) is 0. The highest BCUT2D eigenvalue weighted by Crippen LogP contribution is 2.34. The zero-order chi connectivity index (χ0) is 24.4. The predicted octanol–water partition coefficient (Wildman–Crippen LogP) is 7.52. The van der Waals surface area contributed by atoms with Crippen LogP contribution in [0.25, 0.3) is 0 Å². The Bertz CT molecular complexity index is 629. The number of likely N-dealkylation sites (tertiary alicyclic amines) is 1. The third-order valence-corrected chi connectivity index (χ3v) is 5.74. The van der Waals surface area contributed by atoms with Crippen LogP contribution < -0.4 is 0 Å². The molecule has 2 heterocycles. The Morgan fingerprint density at radius 3 is 2.34 bits per heavy atom. The van der Waals surface area contributed by atoms with Gasteiger partial charge in [-0.3, -0.25) is 0 Å². The van der Waals surface area contributed by atoms with E-state index in [1.165, 1.54) is 17.7 Å². The Morgan fingerprint density at radius 1 is 1.06 bits per heavy atom. The molecule has 2 saturated heterocycles. The molecule has 182 valence electrons. The van der Waals surface area contributed by atoms with Gasteiger partial charge in [0.25, 0.3) is 0 Å². The topological polar surface area (TPSA) is 15.7 Å². The summed E-state index contributed by atoms with van der Waals surface area (Å²) in [5.74, 6) is 0.563. The number of fused-ring (bicyclic) bond motifs is 1. The van der Waals surface area contributed by atoms with Gasteiger partial charge in [-0.05, 0) is 39.2 Å². The minimum atomic E-state index is 0.176. The quantitative estimate of drug-likeness (QED) is 0.343. The maximum absolute atomic E-state index is 6.28. The average molecular weight is 443 g/mol. The number of hydrogen-bond acceptors (Lipinski definition) is 3. The monoisotopic (exact) mass is 442 g/mol. The van der Waals surface area contributed by atoms with E-state index in [4.69, 9.17) is 4.74 Å². The summed E-state index contributed by atoms with van der Waals surface area (Å²) in [5.41, 5.74) is 2.67. The third kappa shape index (κ3) is 9.75. The molecule has 0 aromatic carbocycles. The lowest BCUT2D eigenvalue weighted by Crippen LogP contribution is -2.59. The van der Waals surface area contributed by atoms with Crippen LogP contribution >= 0.6 is 0 Å². The van der Waals surface area contributed by atoms with Gasteiger partial charge in [-0.2, -0.15) is 0 Å². The van der Waals surface area contributed by atoms with Crippen molar-refractivity contribution in [3.63, 3.8) is 0 Å². The van der Waals surface area contributed by atoms with Gasteiger partial charge in [-0.1, -0.05) is 95.9 Å². The standard InChI is InChI=1S/C25H38N2O.2C2H6/c1-6-10-12-13-21(5)15-17-26-18-16-24-22(19-26)20-28-25(9-4)27(24)23(8-3)14-11-7-2;2*1-2/h6-8,10-14,22,24-25H,1-2,9,15-20H2,3-5H3;2*1-2H3/b12-10-,14-11-,21-13+,23-8+;;. The molecular weight excluding hydrogens is 392 g/mol. The van der Waals surface area contributed by atoms with Crippen LogP contribution in [0.4, 0.5) is 0 Å². The first-order chi connectivity index (χ1) is 15.6. The van der Waals surface area contributed by atoms with Gasteiger partial charge < -0.3 is 14.5 Å². The van der Waals surface area contributed by atoms with Crippen LogP contribution in [-0.2, 0) is 4.74 Å². The minimum absolute atomic E-state index is 0.176. The molecule has 3 heteroatoms. The summed E-state index contributed by atoms with van der Waals surface area (Å²) in [6, 6.07) is 0.558. The molecule has 0 bridgehead atoms. The SMILES string of the molecule is C=C/C=C\C=C(/C)CCN1CCC2C(COC(CC)N2C(/C=C\C=C)=C/C)C1.CC.CC. The van der Waals surface area contributed by atoms with E-state index in [0.717, 1.165) is 39.1 Å². The molecule has 3 nitrogen and oxygen atoms in total. The number of ether oxygens (including phenoxy) is 1. The molecule has 2 fully saturated rings. The lowest BCUT2D eigenvalue weighted by atomic mass is 9.88. The van der Waals surface area contributed by atoms with Crippen LogP contribution in [0.2, 0.25) is 0 Å². The van der Waals surface area contributed by atoms with Crippen LogP contribution in [-0.4, -0.2) is 48.3 Å². The van der Waals surface area contributed by atoms with Gasteiger partial charge >= 0.3 is 0 Å². The second-order valence-corrected chi connectivity index (χ2v) is 7.71. The van der Waals surface area contributed by atoms with Crippen molar-refractivity contribution in [1.82, 2.24) is 9.80 Å². The summed E-state index contributed by atoms with van der Waals surface area (Å²) in [6.07, 6.45) is 19.8. The highest BCUT2D eigenvalue weighted by molar-refractivity contribution is 5.22. The molecule has 32 heavy (non-hydrogen) atoms. The maximum Gasteiger partial charge on any atom is 0.130 e. The smallest absolute Gasteiger partial charge is 0.130 e. The fourth-order valence-corrected chi connectivity index (χ4v) is 4.24. The number of piperidine rings is 1. The number of nitrogens with zero attached hydrogens (tertiary/aromatic N) is 2. The van der Waals surface area contributed by atoms with Crippen LogP contribution in [0.1, 0.15) is 67.7 Å². The first kappa shape index (κ1) is 30.2. The summed E-state index contributed by atoms with van der Waals surface area (Å²) >= 11 is 0. The number of rotatable bonds is 9. The maximum atomic E-state index is 6.28. The summed E-state index contributed by atoms with van der Waals surface area (Å²) in [4.78, 5) is 5.13. The van der Waals surface area contributed by atoms with E-state index in [1.807, 2.05) is 52.0 Å². The third-order valence-electron chi connectivity index (χ3n) is 5.74. The van der Waals surface area contributed by atoms with Crippen LogP contribution in [0.3, 0.4) is 0 Å². The fraction of sp³-hybridized carbons (Fsp3) is 0.586. The van der Waals surface area contributed by atoms with Crippen molar-refractivity contribution in [3.8, 4) is 0 Å². The Morgan fingerprint density at radius 2 is 1.75 bits per heavy atom. The van der Waals surface area contributed by atoms with Crippen molar-refractivity contribution < 1.29 is 4.74 Å². The Labute approximate surface area is 199 Å². The first-order valence-corrected chi connectivity index (χ1v) is 12.7. The van der Waals surface area contributed by atoms with Crippen molar-refractivity contribution in [2.24, 2.45) is 5.92 Å². The van der Waals surface area contributed by atoms with Crippen molar-refractivity contribution in [2.75, 3.05) is 26.2 Å². The van der Waals surface area contributed by atoms with Crippen molar-refractivity contribution in [1.29, 1.82) is 0 Å². The molecular formula is C29H50N2O. The largest absolute Gasteiger partial charge is 0.358 e. The Kier molecular flexibility index (Phi) is 17.6. The van der Waals surface area contributed by atoms with E-state index < -0.39 is 0 Å². The number of hydrogen-bond donors (Lipinski definition) is 0. The molecule has 2 aliphatic heterocycles. The molecule has 0 aliphatic carbocycles. The summed E-state index contributed by atoms with van der Waals surface area (Å²) < 4.78 is 6.28. The average Bonchev–Trinajstić information content (AvgIpc) is 2.85.